The Bertz CT molecular complexity index is 745. The first-order valence-corrected chi connectivity index (χ1v) is 6.97. The molecule has 6 heteroatoms. The van der Waals surface area contributed by atoms with E-state index < -0.39 is 11.6 Å². The van der Waals surface area contributed by atoms with Gasteiger partial charge in [-0.3, -0.25) is 4.79 Å². The Morgan fingerprint density at radius 1 is 1.27 bits per heavy atom. The first-order valence-electron chi connectivity index (χ1n) is 6.97. The standard InChI is InChI=1S/C16H19N3O3/c1-11-7-8-17-13(18-11)10-19-9-12(5-6-14(19)20)15(21)22-16(2,3)4/h5-9H,10H2,1-4H3. The maximum Gasteiger partial charge on any atom is 0.340 e. The second-order valence-electron chi connectivity index (χ2n) is 6.00. The summed E-state index contributed by atoms with van der Waals surface area (Å²) in [6.45, 7) is 7.44. The predicted octanol–water partition coefficient (Wildman–Crippen LogP) is 1.95. The monoisotopic (exact) mass is 301 g/mol. The molecule has 0 aromatic carbocycles. The maximum absolute atomic E-state index is 12.1. The van der Waals surface area contributed by atoms with Crippen LogP contribution in [0.25, 0.3) is 0 Å². The Balaban J connectivity index is 2.27. The number of hydrogen-bond acceptors (Lipinski definition) is 5. The Kier molecular flexibility index (Phi) is 4.40. The number of rotatable bonds is 3. The molecule has 2 rings (SSSR count). The van der Waals surface area contributed by atoms with Crippen LogP contribution in [-0.4, -0.2) is 26.1 Å². The van der Waals surface area contributed by atoms with E-state index in [0.717, 1.165) is 5.69 Å². The van der Waals surface area contributed by atoms with Gasteiger partial charge in [0.2, 0.25) is 0 Å². The molecule has 0 fully saturated rings. The number of aryl methyl sites for hydroxylation is 1. The molecule has 0 atom stereocenters. The zero-order chi connectivity index (χ0) is 16.3. The van der Waals surface area contributed by atoms with Crippen LogP contribution in [-0.2, 0) is 11.3 Å². The quantitative estimate of drug-likeness (QED) is 0.810. The fraction of sp³-hybridized carbons (Fsp3) is 0.375. The third-order valence-electron chi connectivity index (χ3n) is 2.77. The number of carbonyl (C=O) groups is 1. The van der Waals surface area contributed by atoms with E-state index in [2.05, 4.69) is 9.97 Å². The number of pyridine rings is 1. The lowest BCUT2D eigenvalue weighted by atomic mass is 10.2. The third kappa shape index (κ3) is 4.25. The minimum atomic E-state index is -0.586. The van der Waals surface area contributed by atoms with E-state index in [9.17, 15) is 9.59 Å². The minimum absolute atomic E-state index is 0.206. The van der Waals surface area contributed by atoms with Crippen LogP contribution in [0.1, 0.15) is 42.6 Å². The van der Waals surface area contributed by atoms with Crippen molar-refractivity contribution in [1.29, 1.82) is 0 Å². The van der Waals surface area contributed by atoms with Crippen molar-refractivity contribution in [3.05, 3.63) is 58.0 Å². The highest BCUT2D eigenvalue weighted by Gasteiger charge is 2.18. The van der Waals surface area contributed by atoms with Crippen LogP contribution < -0.4 is 5.56 Å². The summed E-state index contributed by atoms with van der Waals surface area (Å²) < 4.78 is 6.70. The molecule has 116 valence electrons. The van der Waals surface area contributed by atoms with Crippen LogP contribution in [0.5, 0.6) is 0 Å². The lowest BCUT2D eigenvalue weighted by Gasteiger charge is -2.19. The number of nitrogens with zero attached hydrogens (tertiary/aromatic N) is 3. The summed E-state index contributed by atoms with van der Waals surface area (Å²) in [4.78, 5) is 32.4. The molecule has 0 radical (unpaired) electrons. The Morgan fingerprint density at radius 2 is 2.00 bits per heavy atom. The molecule has 0 saturated carbocycles. The molecule has 0 unspecified atom stereocenters. The van der Waals surface area contributed by atoms with E-state index in [4.69, 9.17) is 4.74 Å². The Morgan fingerprint density at radius 3 is 2.64 bits per heavy atom. The minimum Gasteiger partial charge on any atom is -0.456 e. The first kappa shape index (κ1) is 15.9. The first-order chi connectivity index (χ1) is 10.2. The summed E-state index contributed by atoms with van der Waals surface area (Å²) in [5.74, 6) is 0.0508. The maximum atomic E-state index is 12.1. The molecule has 0 bridgehead atoms. The zero-order valence-corrected chi connectivity index (χ0v) is 13.2. The summed E-state index contributed by atoms with van der Waals surface area (Å²) >= 11 is 0. The highest BCUT2D eigenvalue weighted by atomic mass is 16.6. The van der Waals surface area contributed by atoms with Gasteiger partial charge in [-0.1, -0.05) is 0 Å². The number of esters is 1. The van der Waals surface area contributed by atoms with Gasteiger partial charge in [0.1, 0.15) is 11.4 Å². The van der Waals surface area contributed by atoms with Gasteiger partial charge in [0.05, 0.1) is 12.1 Å². The molecule has 2 heterocycles. The fourth-order valence-electron chi connectivity index (χ4n) is 1.84. The lowest BCUT2D eigenvalue weighted by molar-refractivity contribution is 0.00685. The van der Waals surface area contributed by atoms with Gasteiger partial charge in [0, 0.05) is 24.2 Å². The van der Waals surface area contributed by atoms with E-state index in [1.165, 1.54) is 22.9 Å². The van der Waals surface area contributed by atoms with Crippen molar-refractivity contribution < 1.29 is 9.53 Å². The molecule has 0 aliphatic rings. The van der Waals surface area contributed by atoms with Crippen molar-refractivity contribution in [3.8, 4) is 0 Å². The largest absolute Gasteiger partial charge is 0.456 e. The van der Waals surface area contributed by atoms with Crippen molar-refractivity contribution in [2.75, 3.05) is 0 Å². The number of carbonyl (C=O) groups excluding carboxylic acids is 1. The molecule has 0 aliphatic carbocycles. The molecular weight excluding hydrogens is 282 g/mol. The lowest BCUT2D eigenvalue weighted by Crippen LogP contribution is -2.26. The van der Waals surface area contributed by atoms with Crippen molar-refractivity contribution in [2.24, 2.45) is 0 Å². The van der Waals surface area contributed by atoms with Crippen LogP contribution in [0.2, 0.25) is 0 Å². The summed E-state index contributed by atoms with van der Waals surface area (Å²) in [5.41, 5.74) is 0.332. The van der Waals surface area contributed by atoms with Crippen LogP contribution in [0.3, 0.4) is 0 Å². The smallest absolute Gasteiger partial charge is 0.340 e. The van der Waals surface area contributed by atoms with E-state index in [0.29, 0.717) is 11.4 Å². The number of aromatic nitrogens is 3. The fourth-order valence-corrected chi connectivity index (χ4v) is 1.84. The SMILES string of the molecule is Cc1ccnc(Cn2cc(C(=O)OC(C)(C)C)ccc2=O)n1. The summed E-state index contributed by atoms with van der Waals surface area (Å²) in [5, 5.41) is 0. The van der Waals surface area contributed by atoms with E-state index in [1.54, 1.807) is 33.0 Å². The number of hydrogen-bond donors (Lipinski definition) is 0. The van der Waals surface area contributed by atoms with Gasteiger partial charge in [0.15, 0.2) is 0 Å². The van der Waals surface area contributed by atoms with Crippen molar-refractivity contribution in [1.82, 2.24) is 14.5 Å². The van der Waals surface area contributed by atoms with Crippen LogP contribution in [0.4, 0.5) is 0 Å². The molecule has 0 aliphatic heterocycles. The van der Waals surface area contributed by atoms with Gasteiger partial charge in [-0.15, -0.1) is 0 Å². The average molecular weight is 301 g/mol. The predicted molar refractivity (Wildman–Crippen MR) is 81.7 cm³/mol. The molecule has 0 saturated heterocycles. The van der Waals surface area contributed by atoms with E-state index in [-0.39, 0.29) is 12.1 Å². The van der Waals surface area contributed by atoms with Crippen molar-refractivity contribution in [2.45, 2.75) is 39.8 Å². The van der Waals surface area contributed by atoms with Gasteiger partial charge in [-0.25, -0.2) is 14.8 Å². The van der Waals surface area contributed by atoms with Crippen LogP contribution in [0.15, 0.2) is 35.4 Å². The van der Waals surface area contributed by atoms with Gasteiger partial charge in [-0.2, -0.15) is 0 Å². The second-order valence-corrected chi connectivity index (χ2v) is 6.00. The normalized spacial score (nSPS) is 11.3. The van der Waals surface area contributed by atoms with Gasteiger partial charge >= 0.3 is 5.97 Å². The molecule has 2 aromatic rings. The molecule has 0 N–H and O–H groups in total. The zero-order valence-electron chi connectivity index (χ0n) is 13.2. The summed E-state index contributed by atoms with van der Waals surface area (Å²) in [6.07, 6.45) is 3.11. The third-order valence-corrected chi connectivity index (χ3v) is 2.77. The van der Waals surface area contributed by atoms with Crippen molar-refractivity contribution >= 4 is 5.97 Å². The van der Waals surface area contributed by atoms with Gasteiger partial charge < -0.3 is 9.30 Å². The molecular formula is C16H19N3O3. The second kappa shape index (κ2) is 6.09. The molecule has 22 heavy (non-hydrogen) atoms. The van der Waals surface area contributed by atoms with Crippen LogP contribution in [0, 0.1) is 6.92 Å². The topological polar surface area (TPSA) is 74.1 Å². The highest BCUT2D eigenvalue weighted by Crippen LogP contribution is 2.11. The Labute approximate surface area is 128 Å². The van der Waals surface area contributed by atoms with E-state index >= 15 is 0 Å². The number of ether oxygens (including phenoxy) is 1. The van der Waals surface area contributed by atoms with E-state index in [1.807, 2.05) is 6.92 Å². The van der Waals surface area contributed by atoms with Crippen molar-refractivity contribution in [3.63, 3.8) is 0 Å². The van der Waals surface area contributed by atoms with Gasteiger partial charge in [0.25, 0.3) is 5.56 Å². The van der Waals surface area contributed by atoms with Gasteiger partial charge in [-0.05, 0) is 39.8 Å². The highest BCUT2D eigenvalue weighted by molar-refractivity contribution is 5.89. The van der Waals surface area contributed by atoms with Crippen LogP contribution >= 0.6 is 0 Å². The summed E-state index contributed by atoms with van der Waals surface area (Å²) in [7, 11) is 0. The Hall–Kier alpha value is -2.50. The molecule has 0 amide bonds. The molecule has 6 nitrogen and oxygen atoms in total. The molecule has 0 spiro atoms. The summed E-state index contributed by atoms with van der Waals surface area (Å²) in [6, 6.07) is 4.59. The average Bonchev–Trinajstić information content (AvgIpc) is 2.39. The molecule has 2 aromatic heterocycles.